The van der Waals surface area contributed by atoms with Gasteiger partial charge in [0.25, 0.3) is 17.7 Å². The van der Waals surface area contributed by atoms with Crippen LogP contribution in [0.15, 0.2) is 71.1 Å². The molecule has 0 radical (unpaired) electrons. The van der Waals surface area contributed by atoms with E-state index in [0.717, 1.165) is 17.1 Å². The lowest BCUT2D eigenvalue weighted by Crippen LogP contribution is -2.43. The molecule has 0 aliphatic rings. The fourth-order valence-corrected chi connectivity index (χ4v) is 4.46. The van der Waals surface area contributed by atoms with E-state index >= 15 is 0 Å². The van der Waals surface area contributed by atoms with Gasteiger partial charge < -0.3 is 25.9 Å². The number of hydrogen-bond acceptors (Lipinski definition) is 8. The van der Waals surface area contributed by atoms with Crippen LogP contribution in [0.4, 0.5) is 11.4 Å². The molecule has 2 heterocycles. The number of nitrogens with zero attached hydrogens (tertiary/aromatic N) is 2. The first-order chi connectivity index (χ1) is 17.8. The Kier molecular flexibility index (Phi) is 7.54. The number of carbonyl (C=O) groups is 3. The van der Waals surface area contributed by atoms with Crippen LogP contribution in [0.25, 0.3) is 0 Å². The van der Waals surface area contributed by atoms with Crippen molar-refractivity contribution in [3.8, 4) is 5.75 Å². The molecule has 0 aliphatic carbocycles. The number of anilines is 2. The summed E-state index contributed by atoms with van der Waals surface area (Å²) in [5, 5.41) is 2.89. The summed E-state index contributed by atoms with van der Waals surface area (Å²) in [6, 6.07) is 18.1. The van der Waals surface area contributed by atoms with Crippen LogP contribution in [0.1, 0.15) is 43.3 Å². The van der Waals surface area contributed by atoms with Crippen molar-refractivity contribution in [1.29, 1.82) is 0 Å². The summed E-state index contributed by atoms with van der Waals surface area (Å²) in [5.74, 6) is -0.634. The van der Waals surface area contributed by atoms with Gasteiger partial charge in [-0.2, -0.15) is 4.37 Å². The third-order valence-corrected chi connectivity index (χ3v) is 6.42. The van der Waals surface area contributed by atoms with E-state index in [-0.39, 0.29) is 28.6 Å². The van der Waals surface area contributed by atoms with Gasteiger partial charge in [-0.05, 0) is 60.4 Å². The number of primary amides is 1. The van der Waals surface area contributed by atoms with Gasteiger partial charge in [-0.1, -0.05) is 30.3 Å². The van der Waals surface area contributed by atoms with Crippen molar-refractivity contribution < 1.29 is 23.5 Å². The quantitative estimate of drug-likeness (QED) is 0.306. The Balaban J connectivity index is 1.80. The third kappa shape index (κ3) is 5.46. The average molecular weight is 520 g/mol. The van der Waals surface area contributed by atoms with Crippen molar-refractivity contribution in [2.75, 3.05) is 17.7 Å². The molecule has 0 fully saturated rings. The predicted molar refractivity (Wildman–Crippen MR) is 139 cm³/mol. The number of aromatic nitrogens is 1. The Hall–Kier alpha value is -4.64. The molecule has 4 rings (SSSR count). The van der Waals surface area contributed by atoms with Gasteiger partial charge in [0.1, 0.15) is 22.1 Å². The van der Waals surface area contributed by atoms with E-state index in [1.807, 2.05) is 30.3 Å². The van der Waals surface area contributed by atoms with Gasteiger partial charge in [0, 0.05) is 12.2 Å². The second kappa shape index (κ2) is 11.0. The normalized spacial score (nSPS) is 11.5. The third-order valence-electron chi connectivity index (χ3n) is 5.57. The van der Waals surface area contributed by atoms with Crippen LogP contribution in [0.3, 0.4) is 0 Å². The molecule has 190 valence electrons. The van der Waals surface area contributed by atoms with E-state index in [0.29, 0.717) is 17.2 Å². The van der Waals surface area contributed by atoms with Crippen molar-refractivity contribution in [3.05, 3.63) is 94.4 Å². The molecule has 1 atom stereocenters. The molecule has 0 spiro atoms. The SMILES string of the molecule is COc1ccc(N(C(=O)c2snc(C(N)=O)c2N)[C@@H](C(=O)NCc2ccccc2)c2ccc(C)o2)cc1. The highest BCUT2D eigenvalue weighted by Gasteiger charge is 2.37. The highest BCUT2D eigenvalue weighted by Crippen LogP contribution is 2.34. The summed E-state index contributed by atoms with van der Waals surface area (Å²) in [6.07, 6.45) is 0. The van der Waals surface area contributed by atoms with Crippen molar-refractivity contribution in [3.63, 3.8) is 0 Å². The first-order valence-electron chi connectivity index (χ1n) is 11.2. The first-order valence-corrected chi connectivity index (χ1v) is 12.0. The fourth-order valence-electron chi connectivity index (χ4n) is 3.72. The van der Waals surface area contributed by atoms with Crippen LogP contribution >= 0.6 is 11.5 Å². The summed E-state index contributed by atoms with van der Waals surface area (Å²) >= 11 is 0.729. The lowest BCUT2D eigenvalue weighted by atomic mass is 10.1. The molecular formula is C26H25N5O5S. The van der Waals surface area contributed by atoms with Crippen LogP contribution in [0.2, 0.25) is 0 Å². The minimum Gasteiger partial charge on any atom is -0.497 e. The van der Waals surface area contributed by atoms with Gasteiger partial charge in [-0.3, -0.25) is 19.3 Å². The zero-order valence-electron chi connectivity index (χ0n) is 20.1. The van der Waals surface area contributed by atoms with Crippen LogP contribution in [0, 0.1) is 6.92 Å². The van der Waals surface area contributed by atoms with Crippen molar-refractivity contribution in [1.82, 2.24) is 9.69 Å². The molecule has 10 nitrogen and oxygen atoms in total. The number of benzene rings is 2. The minimum absolute atomic E-state index is 0.0336. The molecule has 2 aromatic heterocycles. The Morgan fingerprint density at radius 1 is 1.08 bits per heavy atom. The molecule has 2 aromatic carbocycles. The van der Waals surface area contributed by atoms with E-state index in [1.165, 1.54) is 12.0 Å². The van der Waals surface area contributed by atoms with Gasteiger partial charge in [0.15, 0.2) is 11.7 Å². The molecule has 0 aliphatic heterocycles. The molecule has 4 aromatic rings. The van der Waals surface area contributed by atoms with E-state index in [4.69, 9.17) is 20.6 Å². The zero-order valence-corrected chi connectivity index (χ0v) is 21.0. The molecule has 0 saturated heterocycles. The summed E-state index contributed by atoms with van der Waals surface area (Å²) in [6.45, 7) is 1.97. The molecule has 3 amide bonds. The molecule has 0 saturated carbocycles. The number of nitrogen functional groups attached to an aromatic ring is 1. The molecular weight excluding hydrogens is 494 g/mol. The highest BCUT2D eigenvalue weighted by atomic mass is 32.1. The van der Waals surface area contributed by atoms with Gasteiger partial charge in [0.05, 0.1) is 12.8 Å². The number of carbonyl (C=O) groups excluding carboxylic acids is 3. The fraction of sp³-hybridized carbons (Fsp3) is 0.154. The number of furan rings is 1. The second-order valence-electron chi connectivity index (χ2n) is 8.07. The number of ether oxygens (including phenoxy) is 1. The number of amides is 3. The van der Waals surface area contributed by atoms with E-state index < -0.39 is 23.8 Å². The van der Waals surface area contributed by atoms with E-state index in [1.54, 1.807) is 43.3 Å². The predicted octanol–water partition coefficient (Wildman–Crippen LogP) is 3.44. The standard InChI is InChI=1S/C26H25N5O5S/c1-15-8-13-19(36-15)22(25(33)29-14-16-6-4-3-5-7-16)31(17-9-11-18(35-2)12-10-17)26(34)23-20(27)21(24(28)32)30-37-23/h3-13,22H,14,27H2,1-2H3,(H2,28,32)(H,29,33)/t22-/m1/s1. The first kappa shape index (κ1) is 25.5. The van der Waals surface area contributed by atoms with E-state index in [2.05, 4.69) is 9.69 Å². The average Bonchev–Trinajstić information content (AvgIpc) is 3.51. The van der Waals surface area contributed by atoms with Crippen LogP contribution in [0.5, 0.6) is 5.75 Å². The zero-order chi connectivity index (χ0) is 26.5. The second-order valence-corrected chi connectivity index (χ2v) is 8.84. The summed E-state index contributed by atoms with van der Waals surface area (Å²) in [5.41, 5.74) is 12.3. The largest absolute Gasteiger partial charge is 0.497 e. The lowest BCUT2D eigenvalue weighted by Gasteiger charge is -2.29. The number of nitrogens with two attached hydrogens (primary N) is 2. The topological polar surface area (TPSA) is 154 Å². The maximum atomic E-state index is 14.0. The molecule has 0 unspecified atom stereocenters. The van der Waals surface area contributed by atoms with Crippen molar-refractivity contribution in [2.24, 2.45) is 5.73 Å². The van der Waals surface area contributed by atoms with Gasteiger partial charge in [-0.25, -0.2) is 0 Å². The smallest absolute Gasteiger partial charge is 0.273 e. The van der Waals surface area contributed by atoms with Crippen LogP contribution in [-0.4, -0.2) is 29.2 Å². The Morgan fingerprint density at radius 3 is 2.35 bits per heavy atom. The molecule has 5 N–H and O–H groups in total. The maximum Gasteiger partial charge on any atom is 0.273 e. The number of nitrogens with one attached hydrogen (secondary N) is 1. The highest BCUT2D eigenvalue weighted by molar-refractivity contribution is 7.09. The van der Waals surface area contributed by atoms with Gasteiger partial charge in [0.2, 0.25) is 0 Å². The maximum absolute atomic E-state index is 14.0. The molecule has 37 heavy (non-hydrogen) atoms. The number of rotatable bonds is 9. The van der Waals surface area contributed by atoms with Gasteiger partial charge in [-0.15, -0.1) is 0 Å². The van der Waals surface area contributed by atoms with Gasteiger partial charge >= 0.3 is 0 Å². The monoisotopic (exact) mass is 519 g/mol. The van der Waals surface area contributed by atoms with Crippen molar-refractivity contribution in [2.45, 2.75) is 19.5 Å². The summed E-state index contributed by atoms with van der Waals surface area (Å²) in [7, 11) is 1.52. The lowest BCUT2D eigenvalue weighted by molar-refractivity contribution is -0.123. The minimum atomic E-state index is -1.21. The van der Waals surface area contributed by atoms with Crippen LogP contribution < -0.4 is 26.4 Å². The Labute approximate surface area is 217 Å². The van der Waals surface area contributed by atoms with Crippen LogP contribution in [-0.2, 0) is 11.3 Å². The summed E-state index contributed by atoms with van der Waals surface area (Å²) < 4.78 is 15.0. The van der Waals surface area contributed by atoms with E-state index in [9.17, 15) is 14.4 Å². The molecule has 11 heteroatoms. The molecule has 0 bridgehead atoms. The Morgan fingerprint density at radius 2 is 1.78 bits per heavy atom. The number of hydrogen-bond donors (Lipinski definition) is 3. The van der Waals surface area contributed by atoms with Crippen molar-refractivity contribution >= 4 is 40.6 Å². The number of aryl methyl sites for hydroxylation is 1. The Bertz CT molecular complexity index is 1410. The number of methoxy groups -OCH3 is 1. The summed E-state index contributed by atoms with van der Waals surface area (Å²) in [4.78, 5) is 40.6.